The first-order chi connectivity index (χ1) is 11.6. The maximum Gasteiger partial charge on any atom is 0.276 e. The minimum Gasteiger partial charge on any atom is -0.490 e. The average molecular weight is 348 g/mol. The van der Waals surface area contributed by atoms with Crippen molar-refractivity contribution in [2.75, 3.05) is 13.2 Å². The van der Waals surface area contributed by atoms with Gasteiger partial charge in [-0.3, -0.25) is 0 Å². The molecule has 0 aliphatic rings. The van der Waals surface area contributed by atoms with Gasteiger partial charge in [0.15, 0.2) is 11.5 Å². The molecule has 0 aliphatic carbocycles. The zero-order valence-electron chi connectivity index (χ0n) is 13.6. The van der Waals surface area contributed by atoms with Gasteiger partial charge in [0.25, 0.3) is 10.0 Å². The van der Waals surface area contributed by atoms with Gasteiger partial charge in [-0.2, -0.15) is 13.5 Å². The van der Waals surface area contributed by atoms with Crippen LogP contribution in [0.1, 0.15) is 19.4 Å². The monoisotopic (exact) mass is 348 g/mol. The Hall–Kier alpha value is -2.54. The van der Waals surface area contributed by atoms with Crippen molar-refractivity contribution in [1.29, 1.82) is 0 Å². The molecule has 0 saturated carbocycles. The molecule has 1 N–H and O–H groups in total. The largest absolute Gasteiger partial charge is 0.490 e. The molecular weight excluding hydrogens is 328 g/mol. The molecule has 2 aromatic carbocycles. The van der Waals surface area contributed by atoms with E-state index in [1.165, 1.54) is 18.3 Å². The number of nitrogens with one attached hydrogen (secondary N) is 1. The SMILES string of the molecule is CCOc1ccc(/C=N\NS(=O)(=O)c2ccccc2)cc1OCC. The molecule has 2 aromatic rings. The number of nitrogens with zero attached hydrogens (tertiary/aromatic N) is 1. The topological polar surface area (TPSA) is 77.0 Å². The highest BCUT2D eigenvalue weighted by Gasteiger charge is 2.11. The first kappa shape index (κ1) is 17.8. The standard InChI is InChI=1S/C17H20N2O4S/c1-3-22-16-11-10-14(12-17(16)23-4-2)13-18-19-24(20,21)15-8-6-5-7-9-15/h5-13,19H,3-4H2,1-2H3/b18-13-. The third-order valence-electron chi connectivity index (χ3n) is 3.01. The molecule has 0 heterocycles. The van der Waals surface area contributed by atoms with Crippen molar-refractivity contribution in [1.82, 2.24) is 4.83 Å². The van der Waals surface area contributed by atoms with E-state index >= 15 is 0 Å². The summed E-state index contributed by atoms with van der Waals surface area (Å²) in [5.74, 6) is 1.23. The molecule has 7 heteroatoms. The molecule has 0 saturated heterocycles. The van der Waals surface area contributed by atoms with Crippen molar-refractivity contribution in [2.24, 2.45) is 5.10 Å². The molecule has 0 amide bonds. The predicted molar refractivity (Wildman–Crippen MR) is 93.1 cm³/mol. The number of hydrogen-bond acceptors (Lipinski definition) is 5. The van der Waals surface area contributed by atoms with Crippen LogP contribution in [0.15, 0.2) is 58.5 Å². The molecule has 0 aromatic heterocycles. The van der Waals surface area contributed by atoms with Gasteiger partial charge in [-0.25, -0.2) is 4.83 Å². The number of hydrogen-bond donors (Lipinski definition) is 1. The van der Waals surface area contributed by atoms with Crippen LogP contribution in [0.5, 0.6) is 11.5 Å². The Morgan fingerprint density at radius 2 is 1.67 bits per heavy atom. The lowest BCUT2D eigenvalue weighted by molar-refractivity contribution is 0.288. The third kappa shape index (κ3) is 4.73. The molecule has 0 radical (unpaired) electrons. The molecule has 6 nitrogen and oxygen atoms in total. The zero-order chi connectivity index (χ0) is 17.4. The Balaban J connectivity index is 2.13. The molecular formula is C17H20N2O4S. The molecule has 0 aliphatic heterocycles. The Morgan fingerprint density at radius 3 is 2.33 bits per heavy atom. The highest BCUT2D eigenvalue weighted by molar-refractivity contribution is 7.89. The lowest BCUT2D eigenvalue weighted by Crippen LogP contribution is -2.18. The van der Waals surface area contributed by atoms with Gasteiger partial charge in [-0.05, 0) is 49.7 Å². The van der Waals surface area contributed by atoms with Crippen LogP contribution < -0.4 is 14.3 Å². The number of sulfonamides is 1. The molecule has 0 fully saturated rings. The van der Waals surface area contributed by atoms with Crippen LogP contribution in [-0.4, -0.2) is 27.8 Å². The second-order valence-corrected chi connectivity index (χ2v) is 6.40. The van der Waals surface area contributed by atoms with Gasteiger partial charge in [0.1, 0.15) is 0 Å². The summed E-state index contributed by atoms with van der Waals surface area (Å²) in [6.45, 7) is 4.81. The summed E-state index contributed by atoms with van der Waals surface area (Å²) in [5.41, 5.74) is 0.692. The van der Waals surface area contributed by atoms with E-state index in [0.717, 1.165) is 0 Å². The normalized spacial score (nSPS) is 11.4. The Labute approximate surface area is 142 Å². The first-order valence-corrected chi connectivity index (χ1v) is 9.04. The maximum atomic E-state index is 12.1. The summed E-state index contributed by atoms with van der Waals surface area (Å²) < 4.78 is 35.1. The first-order valence-electron chi connectivity index (χ1n) is 7.56. The third-order valence-corrected chi connectivity index (χ3v) is 4.25. The van der Waals surface area contributed by atoms with Crippen LogP contribution in [0.3, 0.4) is 0 Å². The molecule has 128 valence electrons. The molecule has 0 bridgehead atoms. The van der Waals surface area contributed by atoms with Gasteiger partial charge in [0.05, 0.1) is 24.3 Å². The number of benzene rings is 2. The van der Waals surface area contributed by atoms with Gasteiger partial charge in [-0.15, -0.1) is 0 Å². The van der Waals surface area contributed by atoms with E-state index in [1.807, 2.05) is 13.8 Å². The van der Waals surface area contributed by atoms with Crippen molar-refractivity contribution in [3.05, 3.63) is 54.1 Å². The van der Waals surface area contributed by atoms with Crippen LogP contribution in [0.25, 0.3) is 0 Å². The molecule has 0 unspecified atom stereocenters. The fourth-order valence-electron chi connectivity index (χ4n) is 1.97. The Kier molecular flexibility index (Phi) is 6.20. The second kappa shape index (κ2) is 8.35. The molecule has 0 spiro atoms. The van der Waals surface area contributed by atoms with E-state index in [1.54, 1.807) is 36.4 Å². The molecule has 0 atom stereocenters. The molecule has 2 rings (SSSR count). The van der Waals surface area contributed by atoms with Gasteiger partial charge in [0, 0.05) is 0 Å². The van der Waals surface area contributed by atoms with Gasteiger partial charge in [0.2, 0.25) is 0 Å². The highest BCUT2D eigenvalue weighted by Crippen LogP contribution is 2.27. The summed E-state index contributed by atoms with van der Waals surface area (Å²) in [6, 6.07) is 13.3. The van der Waals surface area contributed by atoms with E-state index in [9.17, 15) is 8.42 Å². The smallest absolute Gasteiger partial charge is 0.276 e. The predicted octanol–water partition coefficient (Wildman–Crippen LogP) is 2.80. The van der Waals surface area contributed by atoms with Crippen molar-refractivity contribution in [3.8, 4) is 11.5 Å². The van der Waals surface area contributed by atoms with Crippen LogP contribution in [-0.2, 0) is 10.0 Å². The lowest BCUT2D eigenvalue weighted by Gasteiger charge is -2.11. The minimum atomic E-state index is -3.67. The van der Waals surface area contributed by atoms with Gasteiger partial charge >= 0.3 is 0 Å². The number of ether oxygens (including phenoxy) is 2. The Bertz CT molecular complexity index is 789. The van der Waals surface area contributed by atoms with Gasteiger partial charge in [-0.1, -0.05) is 18.2 Å². The molecule has 24 heavy (non-hydrogen) atoms. The average Bonchev–Trinajstić information content (AvgIpc) is 2.58. The Morgan fingerprint density at radius 1 is 1.00 bits per heavy atom. The summed E-state index contributed by atoms with van der Waals surface area (Å²) in [7, 11) is -3.67. The van der Waals surface area contributed by atoms with E-state index in [-0.39, 0.29) is 4.90 Å². The van der Waals surface area contributed by atoms with Crippen LogP contribution in [0.2, 0.25) is 0 Å². The van der Waals surface area contributed by atoms with Crippen molar-refractivity contribution >= 4 is 16.2 Å². The highest BCUT2D eigenvalue weighted by atomic mass is 32.2. The van der Waals surface area contributed by atoms with Crippen LogP contribution in [0, 0.1) is 0 Å². The van der Waals surface area contributed by atoms with E-state index in [2.05, 4.69) is 9.93 Å². The zero-order valence-corrected chi connectivity index (χ0v) is 14.4. The van der Waals surface area contributed by atoms with E-state index in [4.69, 9.17) is 9.47 Å². The summed E-state index contributed by atoms with van der Waals surface area (Å²) >= 11 is 0. The second-order valence-electron chi connectivity index (χ2n) is 4.74. The van der Waals surface area contributed by atoms with E-state index in [0.29, 0.717) is 30.3 Å². The van der Waals surface area contributed by atoms with Crippen molar-refractivity contribution < 1.29 is 17.9 Å². The van der Waals surface area contributed by atoms with Crippen LogP contribution in [0.4, 0.5) is 0 Å². The maximum absolute atomic E-state index is 12.1. The summed E-state index contributed by atoms with van der Waals surface area (Å²) in [5, 5.41) is 3.81. The quantitative estimate of drug-likeness (QED) is 0.588. The summed E-state index contributed by atoms with van der Waals surface area (Å²) in [6.07, 6.45) is 1.42. The van der Waals surface area contributed by atoms with Crippen LogP contribution >= 0.6 is 0 Å². The fraction of sp³-hybridized carbons (Fsp3) is 0.235. The fourth-order valence-corrected chi connectivity index (χ4v) is 2.78. The minimum absolute atomic E-state index is 0.156. The van der Waals surface area contributed by atoms with Crippen molar-refractivity contribution in [3.63, 3.8) is 0 Å². The summed E-state index contributed by atoms with van der Waals surface area (Å²) in [4.78, 5) is 2.34. The number of rotatable bonds is 8. The van der Waals surface area contributed by atoms with Crippen molar-refractivity contribution in [2.45, 2.75) is 18.7 Å². The van der Waals surface area contributed by atoms with Gasteiger partial charge < -0.3 is 9.47 Å². The van der Waals surface area contributed by atoms with E-state index < -0.39 is 10.0 Å². The lowest BCUT2D eigenvalue weighted by atomic mass is 10.2. The number of hydrazone groups is 1.